The van der Waals surface area contributed by atoms with Crippen LogP contribution in [0.3, 0.4) is 0 Å². The minimum atomic E-state index is 0.228. The van der Waals surface area contributed by atoms with Crippen molar-refractivity contribution in [2.45, 2.75) is 32.9 Å². The third-order valence-electron chi connectivity index (χ3n) is 3.06. The van der Waals surface area contributed by atoms with Gasteiger partial charge in [0.25, 0.3) is 0 Å². The van der Waals surface area contributed by atoms with E-state index in [-0.39, 0.29) is 12.1 Å². The smallest absolute Gasteiger partial charge is 0.231 e. The van der Waals surface area contributed by atoms with Gasteiger partial charge >= 0.3 is 0 Å². The lowest BCUT2D eigenvalue weighted by molar-refractivity contribution is 0.0743. The molecular weight excluding hydrogens is 230 g/mol. The van der Waals surface area contributed by atoms with Gasteiger partial charge in [0.2, 0.25) is 6.79 Å². The van der Waals surface area contributed by atoms with Crippen LogP contribution < -0.4 is 14.8 Å². The third kappa shape index (κ3) is 3.15. The first-order chi connectivity index (χ1) is 8.70. The monoisotopic (exact) mass is 251 g/mol. The van der Waals surface area contributed by atoms with Crippen LogP contribution in [0.1, 0.15) is 32.4 Å². The van der Waals surface area contributed by atoms with Crippen LogP contribution in [0.25, 0.3) is 0 Å². The largest absolute Gasteiger partial charge is 0.454 e. The Morgan fingerprint density at radius 1 is 1.28 bits per heavy atom. The van der Waals surface area contributed by atoms with Gasteiger partial charge in [-0.25, -0.2) is 0 Å². The molecule has 0 amide bonds. The molecule has 2 unspecified atom stereocenters. The highest BCUT2D eigenvalue weighted by Crippen LogP contribution is 2.34. The summed E-state index contributed by atoms with van der Waals surface area (Å²) in [5.74, 6) is 1.66. The molecule has 0 bridgehead atoms. The fourth-order valence-electron chi connectivity index (χ4n) is 1.99. The molecule has 18 heavy (non-hydrogen) atoms. The predicted octanol–water partition coefficient (Wildman–Crippen LogP) is 2.49. The van der Waals surface area contributed by atoms with Crippen molar-refractivity contribution in [2.24, 2.45) is 0 Å². The van der Waals surface area contributed by atoms with Gasteiger partial charge in [-0.2, -0.15) is 0 Å². The van der Waals surface area contributed by atoms with E-state index >= 15 is 0 Å². The number of fused-ring (bicyclic) bond motifs is 1. The number of ether oxygens (including phenoxy) is 3. The molecule has 0 spiro atoms. The van der Waals surface area contributed by atoms with Gasteiger partial charge in [-0.15, -0.1) is 0 Å². The molecule has 0 fully saturated rings. The number of hydrogen-bond donors (Lipinski definition) is 1. The molecule has 0 radical (unpaired) electrons. The summed E-state index contributed by atoms with van der Waals surface area (Å²) in [6.45, 7) is 8.13. The molecule has 1 heterocycles. The van der Waals surface area contributed by atoms with Crippen molar-refractivity contribution >= 4 is 0 Å². The van der Waals surface area contributed by atoms with Crippen molar-refractivity contribution in [3.63, 3.8) is 0 Å². The first-order valence-corrected chi connectivity index (χ1v) is 6.45. The summed E-state index contributed by atoms with van der Waals surface area (Å²) < 4.78 is 16.2. The molecule has 2 rings (SSSR count). The highest BCUT2D eigenvalue weighted by atomic mass is 16.7. The summed E-state index contributed by atoms with van der Waals surface area (Å²) in [7, 11) is 0. The molecule has 4 heteroatoms. The predicted molar refractivity (Wildman–Crippen MR) is 70.1 cm³/mol. The van der Waals surface area contributed by atoms with E-state index in [9.17, 15) is 0 Å². The lowest BCUT2D eigenvalue weighted by Crippen LogP contribution is -2.29. The third-order valence-corrected chi connectivity index (χ3v) is 3.06. The van der Waals surface area contributed by atoms with Crippen LogP contribution in [0.2, 0.25) is 0 Å². The Hall–Kier alpha value is -1.26. The summed E-state index contributed by atoms with van der Waals surface area (Å²) in [6, 6.07) is 6.33. The zero-order valence-corrected chi connectivity index (χ0v) is 11.2. The van der Waals surface area contributed by atoms with Crippen LogP contribution in [0.4, 0.5) is 0 Å². The van der Waals surface area contributed by atoms with Crippen LogP contribution in [0.15, 0.2) is 18.2 Å². The van der Waals surface area contributed by atoms with E-state index in [4.69, 9.17) is 14.2 Å². The zero-order valence-electron chi connectivity index (χ0n) is 11.2. The Kier molecular flexibility index (Phi) is 4.44. The molecule has 1 N–H and O–H groups in total. The molecule has 1 aromatic rings. The van der Waals surface area contributed by atoms with Crippen LogP contribution in [-0.4, -0.2) is 26.0 Å². The summed E-state index contributed by atoms with van der Waals surface area (Å²) in [4.78, 5) is 0. The number of benzene rings is 1. The molecule has 1 aliphatic rings. The maximum absolute atomic E-state index is 5.49. The molecular formula is C14H21NO3. The normalized spacial score (nSPS) is 16.6. The minimum absolute atomic E-state index is 0.228. The maximum atomic E-state index is 5.49. The van der Waals surface area contributed by atoms with Crippen molar-refractivity contribution in [1.29, 1.82) is 0 Å². The van der Waals surface area contributed by atoms with Gasteiger partial charge in [0.1, 0.15) is 0 Å². The Balaban J connectivity index is 1.90. The Labute approximate surface area is 108 Å². The molecule has 1 aromatic carbocycles. The van der Waals surface area contributed by atoms with Crippen LogP contribution in [0, 0.1) is 0 Å². The van der Waals surface area contributed by atoms with E-state index < -0.39 is 0 Å². The lowest BCUT2D eigenvalue weighted by Gasteiger charge is -2.18. The summed E-state index contributed by atoms with van der Waals surface area (Å²) in [6.07, 6.45) is 0.228. The fourth-order valence-corrected chi connectivity index (χ4v) is 1.99. The van der Waals surface area contributed by atoms with Gasteiger partial charge in [-0.05, 0) is 38.5 Å². The van der Waals surface area contributed by atoms with E-state index in [1.54, 1.807) is 0 Å². The molecule has 4 nitrogen and oxygen atoms in total. The average molecular weight is 251 g/mol. The van der Waals surface area contributed by atoms with Crippen LogP contribution in [0.5, 0.6) is 11.5 Å². The Morgan fingerprint density at radius 3 is 2.83 bits per heavy atom. The van der Waals surface area contributed by atoms with Gasteiger partial charge < -0.3 is 19.5 Å². The SMILES string of the molecule is CCOC(C)CNC(C)c1ccc2c(c1)OCO2. The highest BCUT2D eigenvalue weighted by Gasteiger charge is 2.15. The minimum Gasteiger partial charge on any atom is -0.454 e. The van der Waals surface area contributed by atoms with E-state index in [1.807, 2.05) is 19.1 Å². The fraction of sp³-hybridized carbons (Fsp3) is 0.571. The molecule has 0 aromatic heterocycles. The summed E-state index contributed by atoms with van der Waals surface area (Å²) in [5, 5.41) is 3.45. The second-order valence-corrected chi connectivity index (χ2v) is 4.51. The topological polar surface area (TPSA) is 39.7 Å². The lowest BCUT2D eigenvalue weighted by atomic mass is 10.1. The molecule has 0 saturated carbocycles. The van der Waals surface area contributed by atoms with E-state index in [0.29, 0.717) is 6.79 Å². The number of hydrogen-bond acceptors (Lipinski definition) is 4. The van der Waals surface area contributed by atoms with Gasteiger partial charge in [-0.1, -0.05) is 6.07 Å². The van der Waals surface area contributed by atoms with E-state index in [2.05, 4.69) is 25.2 Å². The van der Waals surface area contributed by atoms with Crippen molar-refractivity contribution in [1.82, 2.24) is 5.32 Å². The summed E-state index contributed by atoms with van der Waals surface area (Å²) in [5.41, 5.74) is 1.20. The standard InChI is InChI=1S/C14H21NO3/c1-4-16-10(2)8-15-11(3)12-5-6-13-14(7-12)18-9-17-13/h5-7,10-11,15H,4,8-9H2,1-3H3. The maximum Gasteiger partial charge on any atom is 0.231 e. The summed E-state index contributed by atoms with van der Waals surface area (Å²) >= 11 is 0. The second kappa shape index (κ2) is 6.07. The van der Waals surface area contributed by atoms with E-state index in [1.165, 1.54) is 5.56 Å². The van der Waals surface area contributed by atoms with E-state index in [0.717, 1.165) is 24.7 Å². The number of nitrogens with one attached hydrogen (secondary N) is 1. The van der Waals surface area contributed by atoms with Gasteiger partial charge in [-0.3, -0.25) is 0 Å². The van der Waals surface area contributed by atoms with Crippen molar-refractivity contribution in [3.05, 3.63) is 23.8 Å². The van der Waals surface area contributed by atoms with Crippen molar-refractivity contribution < 1.29 is 14.2 Å². The first kappa shape index (κ1) is 13.2. The first-order valence-electron chi connectivity index (χ1n) is 6.45. The Bertz CT molecular complexity index is 395. The molecule has 0 saturated heterocycles. The molecule has 2 atom stereocenters. The van der Waals surface area contributed by atoms with Crippen molar-refractivity contribution in [2.75, 3.05) is 19.9 Å². The molecule has 1 aliphatic heterocycles. The molecule has 100 valence electrons. The Morgan fingerprint density at radius 2 is 2.06 bits per heavy atom. The zero-order chi connectivity index (χ0) is 13.0. The van der Waals surface area contributed by atoms with Gasteiger partial charge in [0.05, 0.1) is 6.10 Å². The quantitative estimate of drug-likeness (QED) is 0.843. The second-order valence-electron chi connectivity index (χ2n) is 4.51. The van der Waals surface area contributed by atoms with Crippen molar-refractivity contribution in [3.8, 4) is 11.5 Å². The van der Waals surface area contributed by atoms with Gasteiger partial charge in [0.15, 0.2) is 11.5 Å². The van der Waals surface area contributed by atoms with Crippen LogP contribution >= 0.6 is 0 Å². The number of rotatable bonds is 6. The average Bonchev–Trinajstić information content (AvgIpc) is 2.83. The van der Waals surface area contributed by atoms with Crippen LogP contribution in [-0.2, 0) is 4.74 Å². The van der Waals surface area contributed by atoms with Gasteiger partial charge in [0, 0.05) is 19.2 Å². The molecule has 0 aliphatic carbocycles. The highest BCUT2D eigenvalue weighted by molar-refractivity contribution is 5.45.